The molecule has 3 atom stereocenters. The van der Waals surface area contributed by atoms with Crippen molar-refractivity contribution in [1.29, 1.82) is 0 Å². The second-order valence-electron chi connectivity index (χ2n) is 3.17. The molecule has 9 nitrogen and oxygen atoms in total. The van der Waals surface area contributed by atoms with Gasteiger partial charge in [0.1, 0.15) is 0 Å². The Balaban J connectivity index is 5.58. The highest BCUT2D eigenvalue weighted by atomic mass is 79.9. The van der Waals surface area contributed by atoms with Crippen molar-refractivity contribution in [1.82, 2.24) is 0 Å². The third kappa shape index (κ3) is 2.80. The van der Waals surface area contributed by atoms with E-state index in [0.717, 1.165) is 13.8 Å². The van der Waals surface area contributed by atoms with Crippen LogP contribution in [0.3, 0.4) is 0 Å². The number of azide groups is 1. The van der Waals surface area contributed by atoms with Gasteiger partial charge in [-0.15, -0.1) is 0 Å². The number of halogens is 2. The first-order chi connectivity index (χ1) is 7.08. The van der Waals surface area contributed by atoms with E-state index in [9.17, 15) is 20.2 Å². The van der Waals surface area contributed by atoms with Gasteiger partial charge in [-0.05, 0) is 5.53 Å². The van der Waals surface area contributed by atoms with Gasteiger partial charge in [0.05, 0.1) is 0 Å². The molecule has 0 radical (unpaired) electrons. The summed E-state index contributed by atoms with van der Waals surface area (Å²) in [5, 5.41) is 24.6. The van der Waals surface area contributed by atoms with E-state index in [1.54, 1.807) is 0 Å². The molecule has 0 amide bonds. The summed E-state index contributed by atoms with van der Waals surface area (Å²) in [4.78, 5) is 22.3. The molecule has 11 heteroatoms. The summed E-state index contributed by atoms with van der Waals surface area (Å²) in [6.45, 7) is 2.16. The maximum Gasteiger partial charge on any atom is 0.288 e. The van der Waals surface area contributed by atoms with Crippen molar-refractivity contribution in [2.75, 3.05) is 0 Å². The SMILES string of the molecule is C[C@](Br)(C(N=[N+]=[N-])[C@@](C)(Br)[N+](=O)[O-])[N+](=O)[O-]. The lowest BCUT2D eigenvalue weighted by Crippen LogP contribution is -2.53. The van der Waals surface area contributed by atoms with Crippen LogP contribution in [0, 0.1) is 20.2 Å². The molecule has 0 aliphatic rings. The summed E-state index contributed by atoms with van der Waals surface area (Å²) in [5.74, 6) is 0. The molecule has 0 aliphatic carbocycles. The molecule has 0 saturated heterocycles. The van der Waals surface area contributed by atoms with Crippen LogP contribution in [-0.2, 0) is 0 Å². The predicted octanol–water partition coefficient (Wildman–Crippen LogP) is 2.44. The summed E-state index contributed by atoms with van der Waals surface area (Å²) < 4.78 is -3.88. The lowest BCUT2D eigenvalue weighted by atomic mass is 10.0. The van der Waals surface area contributed by atoms with Gasteiger partial charge in [-0.1, -0.05) is 5.11 Å². The van der Waals surface area contributed by atoms with E-state index in [0.29, 0.717) is 0 Å². The molecule has 0 aliphatic heterocycles. The molecule has 0 aromatic rings. The largest absolute Gasteiger partial charge is 0.288 e. The van der Waals surface area contributed by atoms with Crippen molar-refractivity contribution in [2.45, 2.75) is 28.8 Å². The maximum absolute atomic E-state index is 10.7. The Morgan fingerprint density at radius 1 is 1.25 bits per heavy atom. The van der Waals surface area contributed by atoms with Gasteiger partial charge < -0.3 is 0 Å². The van der Waals surface area contributed by atoms with Crippen LogP contribution in [0.1, 0.15) is 13.8 Å². The van der Waals surface area contributed by atoms with Crippen molar-refractivity contribution in [3.05, 3.63) is 30.7 Å². The summed E-state index contributed by atoms with van der Waals surface area (Å²) in [6.07, 6.45) is 0. The average Bonchev–Trinajstić information content (AvgIpc) is 2.12. The molecule has 90 valence electrons. The Morgan fingerprint density at radius 2 is 1.56 bits per heavy atom. The summed E-state index contributed by atoms with van der Waals surface area (Å²) in [6, 6.07) is -1.55. The number of alkyl halides is 2. The first-order valence-corrected chi connectivity index (χ1v) is 5.38. The van der Waals surface area contributed by atoms with Crippen molar-refractivity contribution in [3.63, 3.8) is 0 Å². The van der Waals surface area contributed by atoms with Crippen LogP contribution >= 0.6 is 31.9 Å². The Bertz CT molecular complexity index is 338. The summed E-state index contributed by atoms with van der Waals surface area (Å²) in [7, 11) is 0. The molecular formula is C5H7Br2N5O4. The van der Waals surface area contributed by atoms with E-state index in [1.165, 1.54) is 0 Å². The number of rotatable bonds is 5. The Kier molecular flexibility index (Phi) is 4.65. The molecule has 0 aromatic heterocycles. The highest BCUT2D eigenvalue weighted by molar-refractivity contribution is 9.10. The smallest absolute Gasteiger partial charge is 0.263 e. The highest BCUT2D eigenvalue weighted by Crippen LogP contribution is 2.37. The molecule has 0 heterocycles. The molecule has 0 aromatic carbocycles. The van der Waals surface area contributed by atoms with Crippen LogP contribution in [0.2, 0.25) is 0 Å². The fourth-order valence-electron chi connectivity index (χ4n) is 0.943. The number of hydrogen-bond acceptors (Lipinski definition) is 5. The van der Waals surface area contributed by atoms with E-state index >= 15 is 0 Å². The van der Waals surface area contributed by atoms with E-state index in [2.05, 4.69) is 41.9 Å². The van der Waals surface area contributed by atoms with Gasteiger partial charge in [0.2, 0.25) is 0 Å². The van der Waals surface area contributed by atoms with Gasteiger partial charge in [0.15, 0.2) is 6.04 Å². The topological polar surface area (TPSA) is 135 Å². The first kappa shape index (κ1) is 15.1. The molecule has 0 fully saturated rings. The molecule has 0 bridgehead atoms. The van der Waals surface area contributed by atoms with Crippen LogP contribution in [0.15, 0.2) is 5.11 Å². The Labute approximate surface area is 106 Å². The predicted molar refractivity (Wildman–Crippen MR) is 61.6 cm³/mol. The molecular weight excluding hydrogens is 354 g/mol. The molecule has 1 unspecified atom stereocenters. The van der Waals surface area contributed by atoms with Gasteiger partial charge in [0, 0.05) is 60.5 Å². The van der Waals surface area contributed by atoms with Crippen molar-refractivity contribution < 1.29 is 9.85 Å². The lowest BCUT2D eigenvalue weighted by Gasteiger charge is -2.26. The van der Waals surface area contributed by atoms with E-state index in [1.807, 2.05) is 0 Å². The minimum Gasteiger partial charge on any atom is -0.263 e. The molecule has 0 rings (SSSR count). The van der Waals surface area contributed by atoms with Gasteiger partial charge in [-0.3, -0.25) is 20.2 Å². The Hall–Kier alpha value is -0.930. The first-order valence-electron chi connectivity index (χ1n) is 3.79. The number of nitrogens with zero attached hydrogens (tertiary/aromatic N) is 5. The van der Waals surface area contributed by atoms with Gasteiger partial charge in [0.25, 0.3) is 8.90 Å². The molecule has 0 saturated carbocycles. The summed E-state index contributed by atoms with van der Waals surface area (Å²) in [5.41, 5.74) is 8.30. The Morgan fingerprint density at radius 3 is 1.75 bits per heavy atom. The zero-order valence-electron chi connectivity index (χ0n) is 8.20. The molecule has 16 heavy (non-hydrogen) atoms. The van der Waals surface area contributed by atoms with Gasteiger partial charge >= 0.3 is 0 Å². The minimum atomic E-state index is -1.94. The van der Waals surface area contributed by atoms with Crippen molar-refractivity contribution >= 4 is 31.9 Å². The fraction of sp³-hybridized carbons (Fsp3) is 1.00. The second kappa shape index (κ2) is 4.93. The van der Waals surface area contributed by atoms with Gasteiger partial charge in [-0.2, -0.15) is 0 Å². The second-order valence-corrected chi connectivity index (χ2v) is 6.38. The highest BCUT2D eigenvalue weighted by Gasteiger charge is 2.58. The normalized spacial score (nSPS) is 19.8. The minimum absolute atomic E-state index is 0.796. The van der Waals surface area contributed by atoms with Crippen LogP contribution in [-0.4, -0.2) is 24.8 Å². The maximum atomic E-state index is 10.7. The monoisotopic (exact) mass is 359 g/mol. The number of hydrogen-bond donors (Lipinski definition) is 0. The quantitative estimate of drug-likeness (QED) is 0.141. The zero-order chi connectivity index (χ0) is 13.1. The van der Waals surface area contributed by atoms with Crippen molar-refractivity contribution in [3.8, 4) is 0 Å². The number of nitro groups is 2. The molecule has 0 spiro atoms. The van der Waals surface area contributed by atoms with E-state index in [-0.39, 0.29) is 0 Å². The van der Waals surface area contributed by atoms with Crippen molar-refractivity contribution in [2.24, 2.45) is 5.11 Å². The average molecular weight is 361 g/mol. The van der Waals surface area contributed by atoms with Crippen LogP contribution < -0.4 is 0 Å². The summed E-state index contributed by atoms with van der Waals surface area (Å²) >= 11 is 5.44. The third-order valence-electron chi connectivity index (χ3n) is 1.88. The standard InChI is InChI=1S/C5H7Br2N5O4/c1-4(6,11(13)14)3(9-10-8)5(2,7)12(15)16/h3H,1-2H3/t3?,4-,5+. The van der Waals surface area contributed by atoms with Gasteiger partial charge in [-0.25, -0.2) is 0 Å². The lowest BCUT2D eigenvalue weighted by molar-refractivity contribution is -0.574. The molecule has 0 N–H and O–H groups in total. The third-order valence-corrected chi connectivity index (χ3v) is 3.33. The van der Waals surface area contributed by atoms with Crippen LogP contribution in [0.25, 0.3) is 10.4 Å². The van der Waals surface area contributed by atoms with E-state index in [4.69, 9.17) is 5.53 Å². The van der Waals surface area contributed by atoms with E-state index < -0.39 is 24.8 Å². The van der Waals surface area contributed by atoms with Crippen LogP contribution in [0.4, 0.5) is 0 Å². The fourth-order valence-corrected chi connectivity index (χ4v) is 2.32. The zero-order valence-corrected chi connectivity index (χ0v) is 11.4. The van der Waals surface area contributed by atoms with Crippen LogP contribution in [0.5, 0.6) is 0 Å².